The highest BCUT2D eigenvalue weighted by Gasteiger charge is 2.08. The van der Waals surface area contributed by atoms with Crippen LogP contribution in [0.15, 0.2) is 83.8 Å². The molecule has 1 amide bonds. The highest BCUT2D eigenvalue weighted by atomic mass is 32.2. The number of amides is 1. The summed E-state index contributed by atoms with van der Waals surface area (Å²) in [5.41, 5.74) is 0.493. The topological polar surface area (TPSA) is 81.7 Å². The van der Waals surface area contributed by atoms with Crippen molar-refractivity contribution in [2.75, 3.05) is 18.2 Å². The number of carbonyl (C=O) groups is 1. The van der Waals surface area contributed by atoms with Crippen molar-refractivity contribution in [1.29, 1.82) is 0 Å². The maximum absolute atomic E-state index is 12.0. The molecule has 0 spiro atoms. The predicted octanol–water partition coefficient (Wildman–Crippen LogP) is 3.90. The Morgan fingerprint density at radius 1 is 0.821 bits per heavy atom. The minimum atomic E-state index is -3.27. The molecule has 0 saturated heterocycles. The van der Waals surface area contributed by atoms with Crippen molar-refractivity contribution in [3.63, 3.8) is 0 Å². The van der Waals surface area contributed by atoms with Crippen molar-refractivity contribution < 1.29 is 22.7 Å². The second-order valence-electron chi connectivity index (χ2n) is 6.02. The highest BCUT2D eigenvalue weighted by Crippen LogP contribution is 2.23. The van der Waals surface area contributed by atoms with Gasteiger partial charge in [0.25, 0.3) is 5.91 Å². The summed E-state index contributed by atoms with van der Waals surface area (Å²) < 4.78 is 34.0. The lowest BCUT2D eigenvalue weighted by molar-refractivity contribution is -0.118. The Morgan fingerprint density at radius 3 is 2.00 bits per heavy atom. The molecule has 0 unspecified atom stereocenters. The standard InChI is InChI=1S/C21H19NO5S/c1-28(24,25)20-13-7-16(8-14-20)22-21(23)15-26-17-9-11-19(12-10-17)27-18-5-3-2-4-6-18/h2-14H,15H2,1H3,(H,22,23). The summed E-state index contributed by atoms with van der Waals surface area (Å²) in [5.74, 6) is 1.58. The fraction of sp³-hybridized carbons (Fsp3) is 0.0952. The van der Waals surface area contributed by atoms with Gasteiger partial charge in [-0.15, -0.1) is 0 Å². The van der Waals surface area contributed by atoms with Gasteiger partial charge in [0, 0.05) is 11.9 Å². The van der Waals surface area contributed by atoms with Crippen molar-refractivity contribution in [3.05, 3.63) is 78.9 Å². The SMILES string of the molecule is CS(=O)(=O)c1ccc(NC(=O)COc2ccc(Oc3ccccc3)cc2)cc1. The lowest BCUT2D eigenvalue weighted by Crippen LogP contribution is -2.20. The van der Waals surface area contributed by atoms with E-state index in [0.29, 0.717) is 17.2 Å². The smallest absolute Gasteiger partial charge is 0.262 e. The number of carbonyl (C=O) groups excluding carboxylic acids is 1. The number of nitrogens with one attached hydrogen (secondary N) is 1. The summed E-state index contributed by atoms with van der Waals surface area (Å²) in [6.45, 7) is -0.174. The largest absolute Gasteiger partial charge is 0.484 e. The number of hydrogen-bond acceptors (Lipinski definition) is 5. The van der Waals surface area contributed by atoms with Gasteiger partial charge in [-0.05, 0) is 60.7 Å². The van der Waals surface area contributed by atoms with E-state index in [0.717, 1.165) is 12.0 Å². The molecule has 3 aromatic rings. The first-order valence-corrected chi connectivity index (χ1v) is 10.3. The Morgan fingerprint density at radius 2 is 1.39 bits per heavy atom. The van der Waals surface area contributed by atoms with Crippen LogP contribution in [0.4, 0.5) is 5.69 Å². The molecule has 144 valence electrons. The van der Waals surface area contributed by atoms with E-state index >= 15 is 0 Å². The fourth-order valence-electron chi connectivity index (χ4n) is 2.36. The lowest BCUT2D eigenvalue weighted by atomic mass is 10.3. The molecule has 0 aliphatic carbocycles. The molecule has 7 heteroatoms. The van der Waals surface area contributed by atoms with Crippen molar-refractivity contribution in [1.82, 2.24) is 0 Å². The second kappa shape index (κ2) is 8.58. The zero-order valence-electron chi connectivity index (χ0n) is 15.2. The monoisotopic (exact) mass is 397 g/mol. The molecule has 0 fully saturated rings. The quantitative estimate of drug-likeness (QED) is 0.654. The molecule has 6 nitrogen and oxygen atoms in total. The van der Waals surface area contributed by atoms with Gasteiger partial charge in [0.1, 0.15) is 17.2 Å². The van der Waals surface area contributed by atoms with Gasteiger partial charge in [-0.25, -0.2) is 8.42 Å². The van der Waals surface area contributed by atoms with Crippen LogP contribution in [0.2, 0.25) is 0 Å². The van der Waals surface area contributed by atoms with E-state index in [1.165, 1.54) is 24.3 Å². The molecule has 0 aliphatic heterocycles. The number of benzene rings is 3. The molecular weight excluding hydrogens is 378 g/mol. The van der Waals surface area contributed by atoms with Crippen molar-refractivity contribution in [3.8, 4) is 17.2 Å². The van der Waals surface area contributed by atoms with Gasteiger partial charge in [0.05, 0.1) is 4.90 Å². The summed E-state index contributed by atoms with van der Waals surface area (Å²) in [6, 6.07) is 22.3. The van der Waals surface area contributed by atoms with Crippen molar-refractivity contribution in [2.45, 2.75) is 4.90 Å². The first kappa shape index (κ1) is 19.4. The number of sulfone groups is 1. The van der Waals surface area contributed by atoms with Crippen LogP contribution in [0.3, 0.4) is 0 Å². The maximum Gasteiger partial charge on any atom is 0.262 e. The summed E-state index contributed by atoms with van der Waals surface area (Å²) in [5, 5.41) is 2.65. The lowest BCUT2D eigenvalue weighted by Gasteiger charge is -2.09. The molecule has 3 rings (SSSR count). The van der Waals surface area contributed by atoms with E-state index in [-0.39, 0.29) is 17.4 Å². The third-order valence-corrected chi connectivity index (χ3v) is 4.87. The van der Waals surface area contributed by atoms with Crippen LogP contribution >= 0.6 is 0 Å². The molecular formula is C21H19NO5S. The molecule has 1 N–H and O–H groups in total. The Hall–Kier alpha value is -3.32. The zero-order chi connectivity index (χ0) is 20.0. The van der Waals surface area contributed by atoms with Crippen LogP contribution in [0, 0.1) is 0 Å². The van der Waals surface area contributed by atoms with Gasteiger partial charge in [-0.2, -0.15) is 0 Å². The Bertz CT molecular complexity index is 1030. The van der Waals surface area contributed by atoms with Crippen LogP contribution in [0.1, 0.15) is 0 Å². The van der Waals surface area contributed by atoms with Crippen LogP contribution in [-0.2, 0) is 14.6 Å². The number of hydrogen-bond donors (Lipinski definition) is 1. The van der Waals surface area contributed by atoms with Crippen molar-refractivity contribution >= 4 is 21.4 Å². The zero-order valence-corrected chi connectivity index (χ0v) is 16.0. The van der Waals surface area contributed by atoms with E-state index in [2.05, 4.69) is 5.32 Å². The van der Waals surface area contributed by atoms with Crippen LogP contribution < -0.4 is 14.8 Å². The number of para-hydroxylation sites is 1. The predicted molar refractivity (Wildman–Crippen MR) is 107 cm³/mol. The minimum absolute atomic E-state index is 0.174. The van der Waals surface area contributed by atoms with E-state index in [4.69, 9.17) is 9.47 Å². The molecule has 0 heterocycles. The van der Waals surface area contributed by atoms with Crippen LogP contribution in [-0.4, -0.2) is 27.2 Å². The fourth-order valence-corrected chi connectivity index (χ4v) is 2.99. The van der Waals surface area contributed by atoms with Crippen molar-refractivity contribution in [2.24, 2.45) is 0 Å². The van der Waals surface area contributed by atoms with Gasteiger partial charge in [-0.1, -0.05) is 18.2 Å². The van der Waals surface area contributed by atoms with E-state index < -0.39 is 9.84 Å². The highest BCUT2D eigenvalue weighted by molar-refractivity contribution is 7.90. The molecule has 0 saturated carbocycles. The molecule has 28 heavy (non-hydrogen) atoms. The van der Waals surface area contributed by atoms with Gasteiger partial charge in [-0.3, -0.25) is 4.79 Å². The van der Waals surface area contributed by atoms with Gasteiger partial charge < -0.3 is 14.8 Å². The number of ether oxygens (including phenoxy) is 2. The van der Waals surface area contributed by atoms with Crippen LogP contribution in [0.25, 0.3) is 0 Å². The molecule has 0 bridgehead atoms. The maximum atomic E-state index is 12.0. The Kier molecular flexibility index (Phi) is 5.96. The molecule has 0 aliphatic rings. The van der Waals surface area contributed by atoms with E-state index in [1.54, 1.807) is 24.3 Å². The summed E-state index contributed by atoms with van der Waals surface area (Å²) in [6.07, 6.45) is 1.13. The minimum Gasteiger partial charge on any atom is -0.484 e. The number of rotatable bonds is 7. The normalized spacial score (nSPS) is 10.9. The first-order chi connectivity index (χ1) is 13.4. The van der Waals surface area contributed by atoms with E-state index in [1.807, 2.05) is 30.3 Å². The first-order valence-electron chi connectivity index (χ1n) is 8.46. The summed E-state index contributed by atoms with van der Waals surface area (Å²) >= 11 is 0. The Labute approximate surface area is 163 Å². The average Bonchev–Trinajstić information content (AvgIpc) is 2.68. The third-order valence-electron chi connectivity index (χ3n) is 3.74. The van der Waals surface area contributed by atoms with Gasteiger partial charge in [0.2, 0.25) is 0 Å². The number of anilines is 1. The molecule has 0 atom stereocenters. The Balaban J connectivity index is 1.50. The third kappa shape index (κ3) is 5.59. The molecule has 0 radical (unpaired) electrons. The van der Waals surface area contributed by atoms with Crippen LogP contribution in [0.5, 0.6) is 17.2 Å². The molecule has 3 aromatic carbocycles. The van der Waals surface area contributed by atoms with E-state index in [9.17, 15) is 13.2 Å². The average molecular weight is 397 g/mol. The molecule has 0 aromatic heterocycles. The second-order valence-corrected chi connectivity index (χ2v) is 8.04. The van der Waals surface area contributed by atoms with Gasteiger partial charge in [0.15, 0.2) is 16.4 Å². The summed E-state index contributed by atoms with van der Waals surface area (Å²) in [7, 11) is -3.27. The van der Waals surface area contributed by atoms with Gasteiger partial charge >= 0.3 is 0 Å². The summed E-state index contributed by atoms with van der Waals surface area (Å²) in [4.78, 5) is 12.2.